The zero-order chi connectivity index (χ0) is 12.7. The summed E-state index contributed by atoms with van der Waals surface area (Å²) in [5.41, 5.74) is 4.10. The first-order chi connectivity index (χ1) is 8.68. The number of benzene rings is 1. The molecule has 0 saturated heterocycles. The number of halogens is 1. The van der Waals surface area contributed by atoms with Gasteiger partial charge >= 0.3 is 0 Å². The van der Waals surface area contributed by atoms with Crippen molar-refractivity contribution in [1.82, 2.24) is 4.98 Å². The van der Waals surface area contributed by atoms with Crippen molar-refractivity contribution in [2.45, 2.75) is 32.6 Å². The second-order valence-corrected chi connectivity index (χ2v) is 5.67. The summed E-state index contributed by atoms with van der Waals surface area (Å²) in [6.07, 6.45) is 4.31. The van der Waals surface area contributed by atoms with E-state index in [1.165, 1.54) is 12.0 Å². The van der Waals surface area contributed by atoms with E-state index in [1.54, 1.807) is 6.92 Å². The molecule has 0 spiro atoms. The highest BCUT2D eigenvalue weighted by Gasteiger charge is 2.21. The van der Waals surface area contributed by atoms with Crippen LogP contribution in [0.1, 0.15) is 41.4 Å². The highest BCUT2D eigenvalue weighted by atomic mass is 79.9. The first kappa shape index (κ1) is 11.8. The van der Waals surface area contributed by atoms with Crippen molar-refractivity contribution in [3.63, 3.8) is 0 Å². The first-order valence-corrected chi connectivity index (χ1v) is 7.08. The van der Waals surface area contributed by atoms with Gasteiger partial charge in [0.1, 0.15) is 0 Å². The molecule has 0 aliphatic heterocycles. The minimum atomic E-state index is 0.152. The Bertz CT molecular complexity index is 648. The average Bonchev–Trinajstić information content (AvgIpc) is 2.36. The van der Waals surface area contributed by atoms with Crippen LogP contribution in [0.15, 0.2) is 22.7 Å². The predicted molar refractivity (Wildman–Crippen MR) is 76.1 cm³/mol. The van der Waals surface area contributed by atoms with E-state index in [0.29, 0.717) is 0 Å². The zero-order valence-corrected chi connectivity index (χ0v) is 11.9. The van der Waals surface area contributed by atoms with Crippen LogP contribution < -0.4 is 0 Å². The Hall–Kier alpha value is -1.22. The van der Waals surface area contributed by atoms with E-state index < -0.39 is 0 Å². The molecule has 1 aromatic carbocycles. The Morgan fingerprint density at radius 3 is 2.83 bits per heavy atom. The molecular weight excluding hydrogens is 290 g/mol. The van der Waals surface area contributed by atoms with E-state index in [4.69, 9.17) is 4.98 Å². The molecule has 3 rings (SSSR count). The summed E-state index contributed by atoms with van der Waals surface area (Å²) >= 11 is 3.53. The number of carbonyl (C=O) groups is 1. The Labute approximate surface area is 115 Å². The molecule has 2 nitrogen and oxygen atoms in total. The third-order valence-electron chi connectivity index (χ3n) is 3.60. The molecule has 0 fully saturated rings. The number of hydrogen-bond acceptors (Lipinski definition) is 2. The number of carbonyl (C=O) groups excluding carboxylic acids is 1. The van der Waals surface area contributed by atoms with Crippen LogP contribution in [0.2, 0.25) is 0 Å². The average molecular weight is 304 g/mol. The van der Waals surface area contributed by atoms with Crippen LogP contribution in [0.3, 0.4) is 0 Å². The fourth-order valence-corrected chi connectivity index (χ4v) is 3.27. The van der Waals surface area contributed by atoms with E-state index in [0.717, 1.165) is 45.9 Å². The lowest BCUT2D eigenvalue weighted by Crippen LogP contribution is -2.12. The molecule has 1 heterocycles. The van der Waals surface area contributed by atoms with Gasteiger partial charge in [-0.2, -0.15) is 0 Å². The van der Waals surface area contributed by atoms with Crippen molar-refractivity contribution in [3.05, 3.63) is 39.5 Å². The Balaban J connectivity index is 2.44. The molecule has 3 heteroatoms. The molecule has 2 aromatic rings. The molecule has 0 atom stereocenters. The Morgan fingerprint density at radius 1 is 1.28 bits per heavy atom. The lowest BCUT2D eigenvalue weighted by atomic mass is 9.88. The number of rotatable bonds is 1. The van der Waals surface area contributed by atoms with Gasteiger partial charge in [0.2, 0.25) is 0 Å². The molecule has 0 N–H and O–H groups in total. The number of pyridine rings is 1. The van der Waals surface area contributed by atoms with Crippen LogP contribution in [-0.4, -0.2) is 10.8 Å². The van der Waals surface area contributed by atoms with Gasteiger partial charge in [-0.3, -0.25) is 9.78 Å². The van der Waals surface area contributed by atoms with Crippen LogP contribution >= 0.6 is 15.9 Å². The highest BCUT2D eigenvalue weighted by Crippen LogP contribution is 2.32. The van der Waals surface area contributed by atoms with Gasteiger partial charge in [0, 0.05) is 21.1 Å². The van der Waals surface area contributed by atoms with E-state index >= 15 is 0 Å². The zero-order valence-electron chi connectivity index (χ0n) is 10.3. The van der Waals surface area contributed by atoms with E-state index in [2.05, 4.69) is 15.9 Å². The maximum atomic E-state index is 12.0. The van der Waals surface area contributed by atoms with Crippen LogP contribution in [0.4, 0.5) is 0 Å². The van der Waals surface area contributed by atoms with Gasteiger partial charge in [-0.05, 0) is 60.2 Å². The fraction of sp³-hybridized carbons (Fsp3) is 0.333. The van der Waals surface area contributed by atoms with Gasteiger partial charge in [-0.15, -0.1) is 0 Å². The molecule has 1 aliphatic rings. The lowest BCUT2D eigenvalue weighted by Gasteiger charge is -2.19. The number of Topliss-reactive ketones (excluding diaryl/α,β-unsaturated/α-hetero) is 1. The van der Waals surface area contributed by atoms with Crippen molar-refractivity contribution >= 4 is 32.6 Å². The van der Waals surface area contributed by atoms with E-state index in [9.17, 15) is 4.79 Å². The maximum absolute atomic E-state index is 12.0. The molecule has 0 amide bonds. The standard InChI is InChI=1S/C15H14BrNO/c1-9(18)14-10-5-2-3-8-13(10)17-15-11(14)6-4-7-12(15)16/h4,6-7H,2-3,5,8H2,1H3. The molecule has 0 unspecified atom stereocenters. The van der Waals surface area contributed by atoms with E-state index in [-0.39, 0.29) is 5.78 Å². The second kappa shape index (κ2) is 4.47. The van der Waals surface area contributed by atoms with E-state index in [1.807, 2.05) is 18.2 Å². The van der Waals surface area contributed by atoms with Crippen LogP contribution in [0.5, 0.6) is 0 Å². The highest BCUT2D eigenvalue weighted by molar-refractivity contribution is 9.10. The summed E-state index contributed by atoms with van der Waals surface area (Å²) < 4.78 is 0.968. The van der Waals surface area contributed by atoms with Gasteiger partial charge in [0.25, 0.3) is 0 Å². The topological polar surface area (TPSA) is 30.0 Å². The third-order valence-corrected chi connectivity index (χ3v) is 4.24. The number of fused-ring (bicyclic) bond motifs is 2. The van der Waals surface area contributed by atoms with Gasteiger partial charge in [0.15, 0.2) is 5.78 Å². The first-order valence-electron chi connectivity index (χ1n) is 6.29. The third kappa shape index (κ3) is 1.77. The van der Waals surface area contributed by atoms with Crippen molar-refractivity contribution in [3.8, 4) is 0 Å². The molecule has 92 valence electrons. The van der Waals surface area contributed by atoms with Crippen LogP contribution in [0, 0.1) is 0 Å². The minimum absolute atomic E-state index is 0.152. The fourth-order valence-electron chi connectivity index (χ4n) is 2.81. The molecule has 0 bridgehead atoms. The predicted octanol–water partition coefficient (Wildman–Crippen LogP) is 4.08. The number of hydrogen-bond donors (Lipinski definition) is 0. The normalized spacial score (nSPS) is 14.6. The number of ketones is 1. The summed E-state index contributed by atoms with van der Waals surface area (Å²) in [6, 6.07) is 5.95. The number of para-hydroxylation sites is 1. The van der Waals surface area contributed by atoms with Crippen molar-refractivity contribution in [2.75, 3.05) is 0 Å². The molecular formula is C15H14BrNO. The van der Waals surface area contributed by atoms with Gasteiger partial charge in [-0.25, -0.2) is 0 Å². The number of aromatic nitrogens is 1. The Kier molecular flexibility index (Phi) is 2.94. The summed E-state index contributed by atoms with van der Waals surface area (Å²) in [5, 5.41) is 0.984. The molecule has 0 saturated carbocycles. The smallest absolute Gasteiger partial charge is 0.160 e. The van der Waals surface area contributed by atoms with Crippen molar-refractivity contribution in [2.24, 2.45) is 0 Å². The molecule has 0 radical (unpaired) electrons. The van der Waals surface area contributed by atoms with Crippen LogP contribution in [0.25, 0.3) is 10.9 Å². The minimum Gasteiger partial charge on any atom is -0.294 e. The molecule has 1 aromatic heterocycles. The van der Waals surface area contributed by atoms with Crippen LogP contribution in [-0.2, 0) is 12.8 Å². The van der Waals surface area contributed by atoms with Gasteiger partial charge in [0.05, 0.1) is 5.52 Å². The summed E-state index contributed by atoms with van der Waals surface area (Å²) in [4.78, 5) is 16.8. The maximum Gasteiger partial charge on any atom is 0.160 e. The van der Waals surface area contributed by atoms with Gasteiger partial charge < -0.3 is 0 Å². The van der Waals surface area contributed by atoms with Crippen molar-refractivity contribution in [1.29, 1.82) is 0 Å². The molecule has 1 aliphatic carbocycles. The molecule has 18 heavy (non-hydrogen) atoms. The van der Waals surface area contributed by atoms with Crippen molar-refractivity contribution < 1.29 is 4.79 Å². The largest absolute Gasteiger partial charge is 0.294 e. The summed E-state index contributed by atoms with van der Waals surface area (Å²) in [6.45, 7) is 1.66. The number of nitrogens with zero attached hydrogens (tertiary/aromatic N) is 1. The monoisotopic (exact) mass is 303 g/mol. The van der Waals surface area contributed by atoms with Gasteiger partial charge in [-0.1, -0.05) is 12.1 Å². The quantitative estimate of drug-likeness (QED) is 0.743. The number of aryl methyl sites for hydroxylation is 1. The second-order valence-electron chi connectivity index (χ2n) is 4.81. The summed E-state index contributed by atoms with van der Waals surface area (Å²) in [7, 11) is 0. The summed E-state index contributed by atoms with van der Waals surface area (Å²) in [5.74, 6) is 0.152. The lowest BCUT2D eigenvalue weighted by molar-refractivity contribution is 0.101. The SMILES string of the molecule is CC(=O)c1c2c(nc3c(Br)cccc13)CCCC2. The Morgan fingerprint density at radius 2 is 2.06 bits per heavy atom.